The van der Waals surface area contributed by atoms with Gasteiger partial charge in [-0.25, -0.2) is 17.2 Å². The zero-order valence-electron chi connectivity index (χ0n) is 18.1. The largest absolute Gasteiger partial charge is 0.416 e. The topological polar surface area (TPSA) is 75.3 Å². The Morgan fingerprint density at radius 1 is 1.12 bits per heavy atom. The number of benzene rings is 2. The zero-order valence-corrected chi connectivity index (χ0v) is 18.9. The van der Waals surface area contributed by atoms with Crippen molar-refractivity contribution < 1.29 is 35.2 Å². The molecule has 0 radical (unpaired) electrons. The van der Waals surface area contributed by atoms with Crippen LogP contribution in [0.2, 0.25) is 0 Å². The van der Waals surface area contributed by atoms with E-state index in [1.165, 1.54) is 19.1 Å². The summed E-state index contributed by atoms with van der Waals surface area (Å²) < 4.78 is 91.4. The number of sulfonamides is 1. The minimum atomic E-state index is -4.48. The Hall–Kier alpha value is -2.95. The summed E-state index contributed by atoms with van der Waals surface area (Å²) in [5.74, 6) is -2.94. The summed E-state index contributed by atoms with van der Waals surface area (Å²) in [6.45, 7) is 3.28. The predicted octanol–water partition coefficient (Wildman–Crippen LogP) is 5.20. The fourth-order valence-corrected chi connectivity index (χ4v) is 3.63. The molecule has 0 heterocycles. The summed E-state index contributed by atoms with van der Waals surface area (Å²) in [5.41, 5.74) is -0.681. The van der Waals surface area contributed by atoms with Gasteiger partial charge < -0.3 is 5.32 Å². The first kappa shape index (κ1) is 26.3. The van der Waals surface area contributed by atoms with E-state index >= 15 is 0 Å². The van der Waals surface area contributed by atoms with Gasteiger partial charge in [-0.3, -0.25) is 9.52 Å². The minimum absolute atomic E-state index is 0.0482. The van der Waals surface area contributed by atoms with Crippen LogP contribution in [0.5, 0.6) is 0 Å². The Kier molecular flexibility index (Phi) is 8.23. The van der Waals surface area contributed by atoms with Crippen LogP contribution in [0, 0.1) is 11.6 Å². The molecule has 0 saturated carbocycles. The maximum atomic E-state index is 14.2. The van der Waals surface area contributed by atoms with Gasteiger partial charge in [-0.1, -0.05) is 19.4 Å². The van der Waals surface area contributed by atoms with Crippen LogP contribution < -0.4 is 10.0 Å². The van der Waals surface area contributed by atoms with E-state index in [2.05, 4.69) is 5.32 Å². The van der Waals surface area contributed by atoms with E-state index in [9.17, 15) is 35.2 Å². The SMILES string of the molecule is CCCc1cc(C(F)(F)F)ccc1C=CC(=O)NC(C)c1cc(F)c(NS(C)(=O)=O)c(F)c1. The average molecular weight is 490 g/mol. The van der Waals surface area contributed by atoms with Crippen molar-refractivity contribution in [3.05, 3.63) is 70.3 Å². The number of carbonyl (C=O) groups is 1. The van der Waals surface area contributed by atoms with Gasteiger partial charge in [0.25, 0.3) is 0 Å². The third-order valence-corrected chi connectivity index (χ3v) is 5.19. The molecule has 0 aliphatic heterocycles. The highest BCUT2D eigenvalue weighted by Crippen LogP contribution is 2.31. The van der Waals surface area contributed by atoms with Crippen LogP contribution in [-0.2, 0) is 27.4 Å². The molecule has 2 N–H and O–H groups in total. The lowest BCUT2D eigenvalue weighted by Gasteiger charge is -2.15. The predicted molar refractivity (Wildman–Crippen MR) is 116 cm³/mol. The summed E-state index contributed by atoms with van der Waals surface area (Å²) in [5, 5.41) is 2.50. The molecule has 0 bridgehead atoms. The van der Waals surface area contributed by atoms with Crippen molar-refractivity contribution in [3.63, 3.8) is 0 Å². The van der Waals surface area contributed by atoms with Crippen molar-refractivity contribution in [3.8, 4) is 0 Å². The van der Waals surface area contributed by atoms with E-state index in [1.807, 2.05) is 6.92 Å². The maximum Gasteiger partial charge on any atom is 0.416 e. The third-order valence-electron chi connectivity index (χ3n) is 4.61. The lowest BCUT2D eigenvalue weighted by Crippen LogP contribution is -2.25. The smallest absolute Gasteiger partial charge is 0.346 e. The van der Waals surface area contributed by atoms with Crippen LogP contribution in [0.1, 0.15) is 48.6 Å². The fraction of sp³-hybridized carbons (Fsp3) is 0.318. The Labute approximate surface area is 188 Å². The van der Waals surface area contributed by atoms with Crippen LogP contribution >= 0.6 is 0 Å². The highest BCUT2D eigenvalue weighted by atomic mass is 32.2. The molecule has 11 heteroatoms. The van der Waals surface area contributed by atoms with Crippen LogP contribution in [0.25, 0.3) is 6.08 Å². The number of halogens is 5. The number of amides is 1. The van der Waals surface area contributed by atoms with Gasteiger partial charge in [-0.2, -0.15) is 13.2 Å². The average Bonchev–Trinajstić information content (AvgIpc) is 2.68. The first-order valence-corrected chi connectivity index (χ1v) is 11.8. The molecule has 180 valence electrons. The van der Waals surface area contributed by atoms with Gasteiger partial charge >= 0.3 is 6.18 Å². The molecule has 2 rings (SSSR count). The first-order chi connectivity index (χ1) is 15.2. The number of anilines is 1. The molecule has 1 unspecified atom stereocenters. The van der Waals surface area contributed by atoms with Crippen molar-refractivity contribution in [1.82, 2.24) is 5.32 Å². The number of nitrogens with one attached hydrogen (secondary N) is 2. The van der Waals surface area contributed by atoms with Gasteiger partial charge in [0, 0.05) is 6.08 Å². The second kappa shape index (κ2) is 10.3. The number of aryl methyl sites for hydroxylation is 1. The minimum Gasteiger partial charge on any atom is -0.346 e. The summed E-state index contributed by atoms with van der Waals surface area (Å²) in [6.07, 6.45) is -0.259. The summed E-state index contributed by atoms with van der Waals surface area (Å²) >= 11 is 0. The summed E-state index contributed by atoms with van der Waals surface area (Å²) in [7, 11) is -3.90. The molecule has 0 aromatic heterocycles. The highest BCUT2D eigenvalue weighted by molar-refractivity contribution is 7.92. The molecule has 0 aliphatic rings. The molecule has 0 saturated heterocycles. The molecule has 5 nitrogen and oxygen atoms in total. The quantitative estimate of drug-likeness (QED) is 0.395. The van der Waals surface area contributed by atoms with Crippen molar-refractivity contribution in [2.75, 3.05) is 11.0 Å². The lowest BCUT2D eigenvalue weighted by atomic mass is 9.99. The molecule has 1 amide bonds. The standard InChI is InChI=1S/C22H23F5N2O3S/c1-4-5-15-10-17(22(25,26)27)8-6-14(15)7-9-20(30)28-13(2)16-11-18(23)21(19(24)12-16)29-33(3,31)32/h6-13,29H,4-5H2,1-3H3,(H,28,30). The van der Waals surface area contributed by atoms with Crippen LogP contribution in [-0.4, -0.2) is 20.6 Å². The highest BCUT2D eigenvalue weighted by Gasteiger charge is 2.30. The van der Waals surface area contributed by atoms with Crippen molar-refractivity contribution >= 4 is 27.7 Å². The van der Waals surface area contributed by atoms with Crippen molar-refractivity contribution in [2.45, 2.75) is 38.9 Å². The molecule has 0 aliphatic carbocycles. The first-order valence-electron chi connectivity index (χ1n) is 9.86. The van der Waals surface area contributed by atoms with E-state index in [4.69, 9.17) is 0 Å². The normalized spacial score (nSPS) is 13.2. The monoisotopic (exact) mass is 490 g/mol. The van der Waals surface area contributed by atoms with Gasteiger partial charge in [0.2, 0.25) is 15.9 Å². The molecule has 0 fully saturated rings. The van der Waals surface area contributed by atoms with E-state index in [-0.39, 0.29) is 5.56 Å². The van der Waals surface area contributed by atoms with E-state index in [0.717, 1.165) is 36.6 Å². The van der Waals surface area contributed by atoms with Gasteiger partial charge in [-0.05, 0) is 60.4 Å². The van der Waals surface area contributed by atoms with Gasteiger partial charge in [0.1, 0.15) is 5.69 Å². The summed E-state index contributed by atoms with van der Waals surface area (Å²) in [6, 6.07) is 4.18. The third kappa shape index (κ3) is 7.55. The van der Waals surface area contributed by atoms with Crippen LogP contribution in [0.4, 0.5) is 27.6 Å². The molecule has 33 heavy (non-hydrogen) atoms. The molecule has 1 atom stereocenters. The Balaban J connectivity index is 2.18. The lowest BCUT2D eigenvalue weighted by molar-refractivity contribution is -0.137. The molecular formula is C22H23F5N2O3S. The Bertz CT molecular complexity index is 1140. The van der Waals surface area contributed by atoms with Crippen LogP contribution in [0.3, 0.4) is 0 Å². The second-order valence-electron chi connectivity index (χ2n) is 7.46. The van der Waals surface area contributed by atoms with E-state index in [1.54, 1.807) is 4.72 Å². The van der Waals surface area contributed by atoms with Gasteiger partial charge in [-0.15, -0.1) is 0 Å². The Morgan fingerprint density at radius 3 is 2.24 bits per heavy atom. The number of rotatable bonds is 8. The fourth-order valence-electron chi connectivity index (χ4n) is 3.07. The maximum absolute atomic E-state index is 14.2. The Morgan fingerprint density at radius 2 is 1.73 bits per heavy atom. The molecule has 2 aromatic carbocycles. The van der Waals surface area contributed by atoms with Gasteiger partial charge in [0.05, 0.1) is 17.9 Å². The molecule has 2 aromatic rings. The van der Waals surface area contributed by atoms with Gasteiger partial charge in [0.15, 0.2) is 11.6 Å². The van der Waals surface area contributed by atoms with Crippen molar-refractivity contribution in [1.29, 1.82) is 0 Å². The van der Waals surface area contributed by atoms with E-state index in [0.29, 0.717) is 24.0 Å². The zero-order chi connectivity index (χ0) is 25.0. The second-order valence-corrected chi connectivity index (χ2v) is 9.21. The van der Waals surface area contributed by atoms with Crippen molar-refractivity contribution in [2.24, 2.45) is 0 Å². The number of hydrogen-bond acceptors (Lipinski definition) is 3. The number of carbonyl (C=O) groups excluding carboxylic acids is 1. The van der Waals surface area contributed by atoms with Crippen LogP contribution in [0.15, 0.2) is 36.4 Å². The van der Waals surface area contributed by atoms with E-state index < -0.39 is 51.0 Å². The number of alkyl halides is 3. The summed E-state index contributed by atoms with van der Waals surface area (Å²) in [4.78, 5) is 12.3. The molecular weight excluding hydrogens is 467 g/mol. The molecule has 0 spiro atoms. The number of hydrogen-bond donors (Lipinski definition) is 2.